The third kappa shape index (κ3) is 2.72. The summed E-state index contributed by atoms with van der Waals surface area (Å²) >= 11 is 0. The van der Waals surface area contributed by atoms with Gasteiger partial charge < -0.3 is 19.8 Å². The van der Waals surface area contributed by atoms with Gasteiger partial charge in [0.15, 0.2) is 0 Å². The van der Waals surface area contributed by atoms with E-state index in [1.807, 2.05) is 0 Å². The molecule has 1 aromatic rings. The number of carboxylic acids is 1. The van der Waals surface area contributed by atoms with Crippen molar-refractivity contribution in [2.75, 3.05) is 19.8 Å². The van der Waals surface area contributed by atoms with Crippen LogP contribution in [0.5, 0.6) is 5.75 Å². The highest BCUT2D eigenvalue weighted by Crippen LogP contribution is 2.22. The van der Waals surface area contributed by atoms with Gasteiger partial charge in [0.25, 0.3) is 5.91 Å². The number of carbonyl (C=O) groups is 2. The van der Waals surface area contributed by atoms with Gasteiger partial charge in [-0.3, -0.25) is 14.6 Å². The lowest BCUT2D eigenvalue weighted by atomic mass is 10.0. The number of rotatable bonds is 4. The average Bonchev–Trinajstić information content (AvgIpc) is 2.89. The third-order valence-electron chi connectivity index (χ3n) is 3.34. The number of ether oxygens (including phenoxy) is 1. The van der Waals surface area contributed by atoms with Crippen molar-refractivity contribution in [3.8, 4) is 5.75 Å². The first kappa shape index (κ1) is 14.3. The number of carbonyl (C=O) groups excluding carboxylic acids is 1. The van der Waals surface area contributed by atoms with Crippen molar-refractivity contribution >= 4 is 11.9 Å². The summed E-state index contributed by atoms with van der Waals surface area (Å²) in [5, 5.41) is 18.5. The fourth-order valence-corrected chi connectivity index (χ4v) is 2.33. The summed E-state index contributed by atoms with van der Waals surface area (Å²) in [5.74, 6) is -2.18. The molecule has 1 saturated heterocycles. The smallest absolute Gasteiger partial charge is 0.311 e. The van der Waals surface area contributed by atoms with Gasteiger partial charge in [0, 0.05) is 12.7 Å². The van der Waals surface area contributed by atoms with Crippen molar-refractivity contribution in [1.29, 1.82) is 0 Å². The average molecular weight is 280 g/mol. The molecule has 0 saturated carbocycles. The molecule has 0 aliphatic carbocycles. The van der Waals surface area contributed by atoms with Crippen LogP contribution in [-0.4, -0.2) is 57.8 Å². The Balaban J connectivity index is 2.23. The Morgan fingerprint density at radius 3 is 2.80 bits per heavy atom. The number of aromatic nitrogens is 1. The van der Waals surface area contributed by atoms with Crippen LogP contribution in [0.3, 0.4) is 0 Å². The van der Waals surface area contributed by atoms with Crippen LogP contribution in [0.25, 0.3) is 0 Å². The van der Waals surface area contributed by atoms with E-state index in [9.17, 15) is 14.7 Å². The second-order valence-electron chi connectivity index (χ2n) is 4.57. The fraction of sp³-hybridized carbons (Fsp3) is 0.462. The second kappa shape index (κ2) is 5.87. The summed E-state index contributed by atoms with van der Waals surface area (Å²) in [6.45, 7) is 2.42. The molecule has 1 amide bonds. The van der Waals surface area contributed by atoms with E-state index >= 15 is 0 Å². The van der Waals surface area contributed by atoms with Crippen LogP contribution in [-0.2, 0) is 9.53 Å². The van der Waals surface area contributed by atoms with E-state index in [2.05, 4.69) is 4.98 Å². The molecule has 1 aromatic heterocycles. The van der Waals surface area contributed by atoms with Gasteiger partial charge in [0.1, 0.15) is 11.7 Å². The van der Waals surface area contributed by atoms with Gasteiger partial charge in [0.05, 0.1) is 31.0 Å². The maximum absolute atomic E-state index is 12.4. The molecular weight excluding hydrogens is 264 g/mol. The zero-order valence-corrected chi connectivity index (χ0v) is 11.0. The summed E-state index contributed by atoms with van der Waals surface area (Å²) in [5.41, 5.74) is 0.225. The maximum atomic E-state index is 12.4. The van der Waals surface area contributed by atoms with Crippen molar-refractivity contribution < 1.29 is 24.5 Å². The Morgan fingerprint density at radius 2 is 2.20 bits per heavy atom. The number of carboxylic acid groups (broad SMARTS) is 1. The second-order valence-corrected chi connectivity index (χ2v) is 4.57. The molecule has 1 aliphatic rings. The lowest BCUT2D eigenvalue weighted by Crippen LogP contribution is -2.46. The largest absolute Gasteiger partial charge is 0.506 e. The van der Waals surface area contributed by atoms with Gasteiger partial charge >= 0.3 is 5.97 Å². The van der Waals surface area contributed by atoms with Crippen molar-refractivity contribution in [1.82, 2.24) is 9.88 Å². The SMILES string of the molecule is CCN(C(=O)c1cncc(O)c1)C1COCC1C(=O)O. The topological polar surface area (TPSA) is 100.0 Å². The predicted octanol–water partition coefficient (Wildman–Crippen LogP) is 0.349. The first-order valence-corrected chi connectivity index (χ1v) is 6.30. The number of hydrogen-bond donors (Lipinski definition) is 2. The molecule has 0 radical (unpaired) electrons. The summed E-state index contributed by atoms with van der Waals surface area (Å²) in [4.78, 5) is 28.8. The Labute approximate surface area is 115 Å². The Hall–Kier alpha value is -2.15. The summed E-state index contributed by atoms with van der Waals surface area (Å²) in [6, 6.07) is 0.802. The highest BCUT2D eigenvalue weighted by Gasteiger charge is 2.39. The van der Waals surface area contributed by atoms with Crippen LogP contribution in [0.4, 0.5) is 0 Å². The summed E-state index contributed by atoms with van der Waals surface area (Å²) < 4.78 is 5.18. The van der Waals surface area contributed by atoms with Gasteiger partial charge in [-0.25, -0.2) is 0 Å². The molecule has 20 heavy (non-hydrogen) atoms. The first-order chi connectivity index (χ1) is 9.54. The molecule has 2 rings (SSSR count). The van der Waals surface area contributed by atoms with Gasteiger partial charge in [-0.1, -0.05) is 0 Å². The van der Waals surface area contributed by atoms with Crippen LogP contribution in [0.1, 0.15) is 17.3 Å². The highest BCUT2D eigenvalue weighted by molar-refractivity contribution is 5.94. The third-order valence-corrected chi connectivity index (χ3v) is 3.34. The number of aromatic hydroxyl groups is 1. The van der Waals surface area contributed by atoms with Gasteiger partial charge in [-0.15, -0.1) is 0 Å². The molecule has 108 valence electrons. The summed E-state index contributed by atoms with van der Waals surface area (Å²) in [7, 11) is 0. The summed E-state index contributed by atoms with van der Waals surface area (Å²) in [6.07, 6.45) is 2.57. The van der Waals surface area contributed by atoms with Crippen molar-refractivity contribution in [2.24, 2.45) is 5.92 Å². The van der Waals surface area contributed by atoms with Gasteiger partial charge in [-0.2, -0.15) is 0 Å². The number of amides is 1. The molecular formula is C13H16N2O5. The van der Waals surface area contributed by atoms with E-state index in [1.54, 1.807) is 6.92 Å². The number of pyridine rings is 1. The molecule has 2 atom stereocenters. The Bertz CT molecular complexity index is 519. The minimum atomic E-state index is -0.979. The maximum Gasteiger partial charge on any atom is 0.311 e. The molecule has 7 heteroatoms. The molecule has 2 heterocycles. The molecule has 2 N–H and O–H groups in total. The zero-order valence-electron chi connectivity index (χ0n) is 11.0. The zero-order chi connectivity index (χ0) is 14.7. The Kier molecular flexibility index (Phi) is 4.19. The lowest BCUT2D eigenvalue weighted by molar-refractivity contribution is -0.142. The predicted molar refractivity (Wildman–Crippen MR) is 68.3 cm³/mol. The molecule has 1 aliphatic heterocycles. The van der Waals surface area contributed by atoms with Crippen LogP contribution >= 0.6 is 0 Å². The van der Waals surface area contributed by atoms with Gasteiger partial charge in [-0.05, 0) is 13.0 Å². The van der Waals surface area contributed by atoms with E-state index in [4.69, 9.17) is 9.84 Å². The van der Waals surface area contributed by atoms with Crippen LogP contribution in [0.15, 0.2) is 18.5 Å². The van der Waals surface area contributed by atoms with Crippen LogP contribution in [0.2, 0.25) is 0 Å². The lowest BCUT2D eigenvalue weighted by Gasteiger charge is -2.29. The van der Waals surface area contributed by atoms with E-state index in [0.717, 1.165) is 0 Å². The normalized spacial score (nSPS) is 21.6. The number of nitrogens with zero attached hydrogens (tertiary/aromatic N) is 2. The van der Waals surface area contributed by atoms with Crippen LogP contribution < -0.4 is 0 Å². The molecule has 2 unspecified atom stereocenters. The quantitative estimate of drug-likeness (QED) is 0.825. The van der Waals surface area contributed by atoms with E-state index in [1.165, 1.54) is 23.4 Å². The minimum absolute atomic E-state index is 0.0993. The monoisotopic (exact) mass is 280 g/mol. The van der Waals surface area contributed by atoms with Gasteiger partial charge in [0.2, 0.25) is 0 Å². The first-order valence-electron chi connectivity index (χ1n) is 6.30. The molecule has 7 nitrogen and oxygen atoms in total. The number of aliphatic carboxylic acids is 1. The van der Waals surface area contributed by atoms with E-state index in [0.29, 0.717) is 6.54 Å². The van der Waals surface area contributed by atoms with Crippen molar-refractivity contribution in [2.45, 2.75) is 13.0 Å². The molecule has 0 aromatic carbocycles. The van der Waals surface area contributed by atoms with E-state index < -0.39 is 17.9 Å². The molecule has 0 bridgehead atoms. The van der Waals surface area contributed by atoms with Crippen LogP contribution in [0, 0.1) is 5.92 Å². The number of hydrogen-bond acceptors (Lipinski definition) is 5. The van der Waals surface area contributed by atoms with Crippen molar-refractivity contribution in [3.63, 3.8) is 0 Å². The minimum Gasteiger partial charge on any atom is -0.506 e. The van der Waals surface area contributed by atoms with Crippen molar-refractivity contribution in [3.05, 3.63) is 24.0 Å². The molecule has 1 fully saturated rings. The fourth-order valence-electron chi connectivity index (χ4n) is 2.33. The Morgan fingerprint density at radius 1 is 1.45 bits per heavy atom. The number of likely N-dealkylation sites (N-methyl/N-ethyl adjacent to an activating group) is 1. The standard InChI is InChI=1S/C13H16N2O5/c1-2-15(11-7-20-6-10(11)13(18)19)12(17)8-3-9(16)5-14-4-8/h3-5,10-11,16H,2,6-7H2,1H3,(H,18,19). The molecule has 0 spiro atoms. The highest BCUT2D eigenvalue weighted by atomic mass is 16.5. The van der Waals surface area contributed by atoms with E-state index in [-0.39, 0.29) is 30.4 Å².